The summed E-state index contributed by atoms with van der Waals surface area (Å²) >= 11 is 0. The van der Waals surface area contributed by atoms with Gasteiger partial charge in [0.2, 0.25) is 0 Å². The van der Waals surface area contributed by atoms with Crippen LogP contribution in [0.1, 0.15) is 37.3 Å². The Hall–Kier alpha value is -2.40. The monoisotopic (exact) mass is 440 g/mol. The predicted octanol–water partition coefficient (Wildman–Crippen LogP) is 3.17. The minimum absolute atomic E-state index is 0.327. The second-order valence-electron chi connectivity index (χ2n) is 8.40. The zero-order chi connectivity index (χ0) is 22.4. The van der Waals surface area contributed by atoms with Gasteiger partial charge >= 0.3 is 0 Å². The number of benzene rings is 2. The molecule has 2 aromatic rings. The van der Waals surface area contributed by atoms with E-state index in [1.807, 2.05) is 36.4 Å². The van der Waals surface area contributed by atoms with Gasteiger partial charge in [-0.05, 0) is 74.7 Å². The van der Waals surface area contributed by atoms with E-state index in [1.165, 1.54) is 6.26 Å². The smallest absolute Gasteiger partial charge is 0.175 e. The van der Waals surface area contributed by atoms with Gasteiger partial charge in [-0.3, -0.25) is 0 Å². The van der Waals surface area contributed by atoms with Crippen molar-refractivity contribution in [1.82, 2.24) is 4.90 Å². The maximum atomic E-state index is 11.9. The summed E-state index contributed by atoms with van der Waals surface area (Å²) in [4.78, 5) is 5.19. The van der Waals surface area contributed by atoms with Gasteiger partial charge in [0, 0.05) is 43.7 Å². The molecule has 0 aromatic heterocycles. The fourth-order valence-corrected chi connectivity index (χ4v) is 4.94. The number of sulfone groups is 1. The SMILES string of the molecule is CC(CCN)N1CCC(N(Cc2cccc(C#N)c2)c2ccc(S(C)(=O)=O)cc2)CC1. The molecule has 0 spiro atoms. The minimum Gasteiger partial charge on any atom is -0.364 e. The molecule has 0 bridgehead atoms. The summed E-state index contributed by atoms with van der Waals surface area (Å²) in [7, 11) is -3.23. The van der Waals surface area contributed by atoms with E-state index in [2.05, 4.69) is 22.8 Å². The Morgan fingerprint density at radius 3 is 2.45 bits per heavy atom. The van der Waals surface area contributed by atoms with Crippen molar-refractivity contribution in [3.05, 3.63) is 59.7 Å². The fourth-order valence-electron chi connectivity index (χ4n) is 4.31. The highest BCUT2D eigenvalue weighted by atomic mass is 32.2. The molecule has 2 aromatic carbocycles. The maximum Gasteiger partial charge on any atom is 0.175 e. The van der Waals surface area contributed by atoms with Crippen LogP contribution >= 0.6 is 0 Å². The highest BCUT2D eigenvalue weighted by Gasteiger charge is 2.27. The van der Waals surface area contributed by atoms with E-state index < -0.39 is 9.84 Å². The molecular formula is C24H32N4O2S. The van der Waals surface area contributed by atoms with Crippen LogP contribution < -0.4 is 10.6 Å². The van der Waals surface area contributed by atoms with Gasteiger partial charge in [0.15, 0.2) is 9.84 Å². The first kappa shape index (κ1) is 23.3. The Morgan fingerprint density at radius 1 is 1.19 bits per heavy atom. The van der Waals surface area contributed by atoms with E-state index in [4.69, 9.17) is 5.73 Å². The van der Waals surface area contributed by atoms with E-state index in [1.54, 1.807) is 12.1 Å². The van der Waals surface area contributed by atoms with Gasteiger partial charge in [-0.2, -0.15) is 5.26 Å². The lowest BCUT2D eigenvalue weighted by atomic mass is 9.99. The molecule has 31 heavy (non-hydrogen) atoms. The van der Waals surface area contributed by atoms with Crippen molar-refractivity contribution in [2.75, 3.05) is 30.8 Å². The number of nitrogens with zero attached hydrogens (tertiary/aromatic N) is 3. The average Bonchev–Trinajstić information content (AvgIpc) is 2.77. The van der Waals surface area contributed by atoms with Gasteiger partial charge in [0.05, 0.1) is 16.5 Å². The zero-order valence-electron chi connectivity index (χ0n) is 18.4. The third-order valence-electron chi connectivity index (χ3n) is 6.15. The molecule has 1 atom stereocenters. The summed E-state index contributed by atoms with van der Waals surface area (Å²) in [6.07, 6.45) is 4.29. The van der Waals surface area contributed by atoms with Crippen LogP contribution in [-0.2, 0) is 16.4 Å². The van der Waals surface area contributed by atoms with E-state index in [0.717, 1.165) is 43.6 Å². The van der Waals surface area contributed by atoms with Crippen LogP contribution in [0.25, 0.3) is 0 Å². The lowest BCUT2D eigenvalue weighted by molar-refractivity contribution is 0.154. The Balaban J connectivity index is 1.83. The third kappa shape index (κ3) is 6.07. The number of anilines is 1. The molecule has 1 fully saturated rings. The normalized spacial score (nSPS) is 16.6. The quantitative estimate of drug-likeness (QED) is 0.678. The molecule has 1 aliphatic heterocycles. The van der Waals surface area contributed by atoms with Crippen molar-refractivity contribution >= 4 is 15.5 Å². The van der Waals surface area contributed by atoms with E-state index in [0.29, 0.717) is 35.6 Å². The second kappa shape index (κ2) is 10.3. The summed E-state index contributed by atoms with van der Waals surface area (Å²) < 4.78 is 23.7. The van der Waals surface area contributed by atoms with Gasteiger partial charge in [-0.25, -0.2) is 8.42 Å². The lowest BCUT2D eigenvalue weighted by Crippen LogP contribution is -2.47. The number of rotatable bonds is 8. The van der Waals surface area contributed by atoms with Crippen molar-refractivity contribution in [3.63, 3.8) is 0 Å². The van der Waals surface area contributed by atoms with Crippen molar-refractivity contribution in [2.45, 2.75) is 49.7 Å². The maximum absolute atomic E-state index is 11.9. The van der Waals surface area contributed by atoms with Crippen LogP contribution in [0.2, 0.25) is 0 Å². The minimum atomic E-state index is -3.23. The van der Waals surface area contributed by atoms with Crippen molar-refractivity contribution in [1.29, 1.82) is 5.26 Å². The largest absolute Gasteiger partial charge is 0.364 e. The van der Waals surface area contributed by atoms with Crippen LogP contribution in [-0.4, -0.2) is 51.3 Å². The van der Waals surface area contributed by atoms with E-state index in [-0.39, 0.29) is 0 Å². The van der Waals surface area contributed by atoms with Crippen molar-refractivity contribution in [2.24, 2.45) is 5.73 Å². The molecule has 1 unspecified atom stereocenters. The Kier molecular flexibility index (Phi) is 7.71. The summed E-state index contributed by atoms with van der Waals surface area (Å²) in [5, 5.41) is 9.26. The number of hydrogen-bond acceptors (Lipinski definition) is 6. The first-order valence-corrected chi connectivity index (χ1v) is 12.7. The zero-order valence-corrected chi connectivity index (χ0v) is 19.2. The average molecular weight is 441 g/mol. The summed E-state index contributed by atoms with van der Waals surface area (Å²) in [5.74, 6) is 0. The van der Waals surface area contributed by atoms with Crippen LogP contribution in [0.5, 0.6) is 0 Å². The first-order chi connectivity index (χ1) is 14.8. The van der Waals surface area contributed by atoms with Crippen LogP contribution in [0.3, 0.4) is 0 Å². The van der Waals surface area contributed by atoms with Gasteiger partial charge < -0.3 is 15.5 Å². The molecule has 1 heterocycles. The summed E-state index contributed by atoms with van der Waals surface area (Å²) in [5.41, 5.74) is 8.46. The number of nitrogens with two attached hydrogens (primary N) is 1. The Bertz CT molecular complexity index is 1010. The molecule has 6 nitrogen and oxygen atoms in total. The van der Waals surface area contributed by atoms with Crippen LogP contribution in [0.4, 0.5) is 5.69 Å². The third-order valence-corrected chi connectivity index (χ3v) is 7.28. The lowest BCUT2D eigenvalue weighted by Gasteiger charge is -2.42. The van der Waals surface area contributed by atoms with Gasteiger partial charge in [0.25, 0.3) is 0 Å². The molecule has 1 aliphatic rings. The number of likely N-dealkylation sites (tertiary alicyclic amines) is 1. The highest BCUT2D eigenvalue weighted by molar-refractivity contribution is 7.90. The second-order valence-corrected chi connectivity index (χ2v) is 10.4. The number of nitriles is 1. The molecule has 2 N–H and O–H groups in total. The van der Waals surface area contributed by atoms with Gasteiger partial charge in [0.1, 0.15) is 0 Å². The first-order valence-electron chi connectivity index (χ1n) is 10.8. The fraction of sp³-hybridized carbons (Fsp3) is 0.458. The van der Waals surface area contributed by atoms with Crippen molar-refractivity contribution in [3.8, 4) is 6.07 Å². The van der Waals surface area contributed by atoms with Crippen LogP contribution in [0.15, 0.2) is 53.4 Å². The standard InChI is InChI=1S/C24H32N4O2S/c1-19(10-13-25)27-14-11-23(12-15-27)28(18-21-5-3-4-20(16-21)17-26)22-6-8-24(9-7-22)31(2,29)30/h3-9,16,19,23H,10-15,18,25H2,1-2H3. The summed E-state index contributed by atoms with van der Waals surface area (Å²) in [6, 6.07) is 17.9. The molecule has 166 valence electrons. The topological polar surface area (TPSA) is 90.4 Å². The van der Waals surface area contributed by atoms with Crippen molar-refractivity contribution < 1.29 is 8.42 Å². The predicted molar refractivity (Wildman–Crippen MR) is 125 cm³/mol. The molecule has 1 saturated heterocycles. The molecule has 3 rings (SSSR count). The highest BCUT2D eigenvalue weighted by Crippen LogP contribution is 2.28. The van der Waals surface area contributed by atoms with E-state index >= 15 is 0 Å². The number of hydrogen-bond donors (Lipinski definition) is 1. The Morgan fingerprint density at radius 2 is 1.87 bits per heavy atom. The molecular weight excluding hydrogens is 408 g/mol. The number of piperidine rings is 1. The molecule has 0 aliphatic carbocycles. The molecule has 7 heteroatoms. The Labute approximate surface area is 186 Å². The van der Waals surface area contributed by atoms with Crippen LogP contribution in [0, 0.1) is 11.3 Å². The van der Waals surface area contributed by atoms with Gasteiger partial charge in [-0.15, -0.1) is 0 Å². The molecule has 0 saturated carbocycles. The molecule has 0 amide bonds. The molecule has 0 radical (unpaired) electrons. The van der Waals surface area contributed by atoms with Gasteiger partial charge in [-0.1, -0.05) is 12.1 Å². The van der Waals surface area contributed by atoms with E-state index in [9.17, 15) is 13.7 Å². The summed E-state index contributed by atoms with van der Waals surface area (Å²) in [6.45, 7) is 5.65.